The first-order valence-electron chi connectivity index (χ1n) is 8.93. The van der Waals surface area contributed by atoms with Gasteiger partial charge in [0.05, 0.1) is 12.7 Å². The number of hydrogen-bond acceptors (Lipinski definition) is 6. The number of carbonyl (C=O) groups excluding carboxylic acids is 3. The maximum absolute atomic E-state index is 12.7. The Morgan fingerprint density at radius 1 is 1.21 bits per heavy atom. The van der Waals surface area contributed by atoms with Gasteiger partial charge in [-0.2, -0.15) is 0 Å². The van der Waals surface area contributed by atoms with E-state index in [0.717, 1.165) is 16.9 Å². The molecule has 1 aromatic heterocycles. The second kappa shape index (κ2) is 8.53. The molecular weight excluding hydrogens is 380 g/mol. The summed E-state index contributed by atoms with van der Waals surface area (Å²) in [6, 6.07) is 6.63. The van der Waals surface area contributed by atoms with Gasteiger partial charge in [-0.05, 0) is 50.5 Å². The van der Waals surface area contributed by atoms with Gasteiger partial charge >= 0.3 is 5.97 Å². The number of nitrogens with one attached hydrogen (secondary N) is 2. The molecule has 0 spiro atoms. The van der Waals surface area contributed by atoms with Crippen LogP contribution in [0.5, 0.6) is 0 Å². The van der Waals surface area contributed by atoms with Crippen molar-refractivity contribution in [3.63, 3.8) is 0 Å². The van der Waals surface area contributed by atoms with Gasteiger partial charge in [-0.1, -0.05) is 6.07 Å². The van der Waals surface area contributed by atoms with Gasteiger partial charge < -0.3 is 20.1 Å². The molecule has 1 atom stereocenters. The van der Waals surface area contributed by atoms with E-state index in [1.165, 1.54) is 18.4 Å². The standard InChI is InChI=1S/C20H22N2O5S/c1-11-12(2)28-19(16(11)20(25)26-3)22-17(23)13-6-4-7-14(10-13)21-18(24)15-8-5-9-27-15/h4,6-7,10,15H,5,8-9H2,1-3H3,(H,21,24)(H,22,23)/t15-/m0/s1. The number of amides is 2. The first-order chi connectivity index (χ1) is 13.4. The molecule has 148 valence electrons. The van der Waals surface area contributed by atoms with Gasteiger partial charge in [0.1, 0.15) is 11.1 Å². The van der Waals surface area contributed by atoms with Crippen molar-refractivity contribution in [2.75, 3.05) is 24.4 Å². The van der Waals surface area contributed by atoms with Crippen LogP contribution < -0.4 is 10.6 Å². The van der Waals surface area contributed by atoms with E-state index in [4.69, 9.17) is 9.47 Å². The van der Waals surface area contributed by atoms with Crippen LogP contribution >= 0.6 is 11.3 Å². The smallest absolute Gasteiger partial charge is 0.341 e. The van der Waals surface area contributed by atoms with Crippen LogP contribution in [0.25, 0.3) is 0 Å². The Bertz CT molecular complexity index is 915. The molecule has 2 aromatic rings. The normalized spacial score (nSPS) is 15.9. The lowest BCUT2D eigenvalue weighted by Gasteiger charge is -2.11. The molecule has 1 aliphatic rings. The summed E-state index contributed by atoms with van der Waals surface area (Å²) >= 11 is 1.32. The second-order valence-electron chi connectivity index (χ2n) is 6.50. The first-order valence-corrected chi connectivity index (χ1v) is 9.74. The third kappa shape index (κ3) is 4.23. The van der Waals surface area contributed by atoms with Crippen molar-refractivity contribution in [3.8, 4) is 0 Å². The van der Waals surface area contributed by atoms with Crippen molar-refractivity contribution in [2.45, 2.75) is 32.8 Å². The van der Waals surface area contributed by atoms with Crippen LogP contribution in [0.3, 0.4) is 0 Å². The van der Waals surface area contributed by atoms with Crippen LogP contribution in [-0.2, 0) is 14.3 Å². The van der Waals surface area contributed by atoms with Crippen LogP contribution in [-0.4, -0.2) is 37.6 Å². The van der Waals surface area contributed by atoms with E-state index in [-0.39, 0.29) is 11.8 Å². The van der Waals surface area contributed by atoms with Crippen LogP contribution in [0, 0.1) is 13.8 Å². The zero-order chi connectivity index (χ0) is 20.3. The number of hydrogen-bond donors (Lipinski definition) is 2. The van der Waals surface area contributed by atoms with Crippen molar-refractivity contribution in [3.05, 3.63) is 45.8 Å². The van der Waals surface area contributed by atoms with Crippen LogP contribution in [0.2, 0.25) is 0 Å². The number of carbonyl (C=O) groups is 3. The molecule has 8 heteroatoms. The number of ether oxygens (including phenoxy) is 2. The van der Waals surface area contributed by atoms with Gasteiger partial charge in [-0.3, -0.25) is 9.59 Å². The Morgan fingerprint density at radius 3 is 2.68 bits per heavy atom. The molecule has 1 aliphatic heterocycles. The van der Waals surface area contributed by atoms with E-state index in [0.29, 0.717) is 34.8 Å². The minimum atomic E-state index is -0.491. The number of rotatable bonds is 5. The largest absolute Gasteiger partial charge is 0.465 e. The lowest BCUT2D eigenvalue weighted by Crippen LogP contribution is -2.27. The van der Waals surface area contributed by atoms with Crippen LogP contribution in [0.4, 0.5) is 10.7 Å². The molecule has 0 bridgehead atoms. The Labute approximate surface area is 167 Å². The molecule has 28 heavy (non-hydrogen) atoms. The summed E-state index contributed by atoms with van der Waals surface area (Å²) in [5.41, 5.74) is 2.02. The average Bonchev–Trinajstić information content (AvgIpc) is 3.31. The van der Waals surface area contributed by atoms with E-state index in [1.807, 2.05) is 13.8 Å². The quantitative estimate of drug-likeness (QED) is 0.747. The number of aryl methyl sites for hydroxylation is 1. The number of benzene rings is 1. The highest BCUT2D eigenvalue weighted by molar-refractivity contribution is 7.16. The second-order valence-corrected chi connectivity index (χ2v) is 7.73. The molecule has 2 N–H and O–H groups in total. The Kier molecular flexibility index (Phi) is 6.11. The number of esters is 1. The molecule has 2 heterocycles. The fraction of sp³-hybridized carbons (Fsp3) is 0.350. The van der Waals surface area contributed by atoms with Crippen LogP contribution in [0.15, 0.2) is 24.3 Å². The predicted molar refractivity (Wildman–Crippen MR) is 107 cm³/mol. The topological polar surface area (TPSA) is 93.7 Å². The number of methoxy groups -OCH3 is 1. The van der Waals surface area contributed by atoms with Crippen molar-refractivity contribution >= 4 is 39.8 Å². The van der Waals surface area contributed by atoms with Gasteiger partial charge in [0.2, 0.25) is 0 Å². The lowest BCUT2D eigenvalue weighted by molar-refractivity contribution is -0.124. The highest BCUT2D eigenvalue weighted by Gasteiger charge is 2.24. The molecule has 1 saturated heterocycles. The fourth-order valence-corrected chi connectivity index (χ4v) is 4.03. The third-order valence-electron chi connectivity index (χ3n) is 4.62. The predicted octanol–water partition coefficient (Wildman–Crippen LogP) is 3.52. The summed E-state index contributed by atoms with van der Waals surface area (Å²) in [6.07, 6.45) is 1.11. The number of anilines is 2. The molecule has 0 radical (unpaired) electrons. The van der Waals surface area contributed by atoms with Gasteiger partial charge in [-0.15, -0.1) is 11.3 Å². The zero-order valence-corrected chi connectivity index (χ0v) is 16.8. The van der Waals surface area contributed by atoms with Gasteiger partial charge in [0.25, 0.3) is 11.8 Å². The Morgan fingerprint density at radius 2 is 2.00 bits per heavy atom. The van der Waals surface area contributed by atoms with Gasteiger partial charge in [0, 0.05) is 22.7 Å². The molecule has 3 rings (SSSR count). The molecule has 0 aliphatic carbocycles. The minimum Gasteiger partial charge on any atom is -0.465 e. The molecule has 7 nitrogen and oxygen atoms in total. The van der Waals surface area contributed by atoms with Crippen LogP contribution in [0.1, 0.15) is 44.0 Å². The monoisotopic (exact) mass is 402 g/mol. The molecule has 1 fully saturated rings. The fourth-order valence-electron chi connectivity index (χ4n) is 2.98. The summed E-state index contributed by atoms with van der Waals surface area (Å²) in [4.78, 5) is 37.9. The van der Waals surface area contributed by atoms with Crippen molar-refractivity contribution in [1.82, 2.24) is 0 Å². The van der Waals surface area contributed by atoms with E-state index in [1.54, 1.807) is 24.3 Å². The van der Waals surface area contributed by atoms with Crippen molar-refractivity contribution in [1.29, 1.82) is 0 Å². The maximum Gasteiger partial charge on any atom is 0.341 e. The maximum atomic E-state index is 12.7. The summed E-state index contributed by atoms with van der Waals surface area (Å²) in [6.45, 7) is 4.28. The highest BCUT2D eigenvalue weighted by Crippen LogP contribution is 2.33. The minimum absolute atomic E-state index is 0.215. The average molecular weight is 402 g/mol. The molecule has 0 saturated carbocycles. The molecule has 0 unspecified atom stereocenters. The van der Waals surface area contributed by atoms with Gasteiger partial charge in [-0.25, -0.2) is 4.79 Å². The van der Waals surface area contributed by atoms with E-state index >= 15 is 0 Å². The highest BCUT2D eigenvalue weighted by atomic mass is 32.1. The SMILES string of the molecule is COC(=O)c1c(NC(=O)c2cccc(NC(=O)[C@@H]3CCCO3)c2)sc(C)c1C. The molecular formula is C20H22N2O5S. The molecule has 2 amide bonds. The van der Waals surface area contributed by atoms with Crippen molar-refractivity contribution in [2.24, 2.45) is 0 Å². The molecule has 1 aromatic carbocycles. The lowest BCUT2D eigenvalue weighted by atomic mass is 10.1. The number of thiophene rings is 1. The van der Waals surface area contributed by atoms with E-state index in [9.17, 15) is 14.4 Å². The Balaban J connectivity index is 1.76. The first kappa shape index (κ1) is 20.0. The third-order valence-corrected chi connectivity index (χ3v) is 5.74. The van der Waals surface area contributed by atoms with E-state index < -0.39 is 12.1 Å². The van der Waals surface area contributed by atoms with E-state index in [2.05, 4.69) is 10.6 Å². The zero-order valence-electron chi connectivity index (χ0n) is 16.0. The van der Waals surface area contributed by atoms with Crippen molar-refractivity contribution < 1.29 is 23.9 Å². The van der Waals surface area contributed by atoms with Gasteiger partial charge in [0.15, 0.2) is 0 Å². The summed E-state index contributed by atoms with van der Waals surface area (Å²) < 4.78 is 10.2. The summed E-state index contributed by atoms with van der Waals surface area (Å²) in [5, 5.41) is 6.01. The summed E-state index contributed by atoms with van der Waals surface area (Å²) in [7, 11) is 1.31. The Hall–Kier alpha value is -2.71. The summed E-state index contributed by atoms with van der Waals surface area (Å²) in [5.74, 6) is -1.08.